The molecule has 1 heterocycles. The Kier molecular flexibility index (Phi) is 4.32. The van der Waals surface area contributed by atoms with Crippen LogP contribution in [0.2, 0.25) is 0 Å². The average molecular weight is 256 g/mol. The highest BCUT2D eigenvalue weighted by Gasteiger charge is 2.33. The highest BCUT2D eigenvalue weighted by molar-refractivity contribution is 4.93. The molecule has 0 aromatic carbocycles. The lowest BCUT2D eigenvalue weighted by molar-refractivity contribution is -0.0876. The largest absolute Gasteiger partial charge is 0.394 e. The Balaban J connectivity index is 1.78. The Labute approximate surface area is 111 Å². The Morgan fingerprint density at radius 1 is 1.44 bits per heavy atom. The van der Waals surface area contributed by atoms with Crippen LogP contribution in [0, 0.1) is 0 Å². The van der Waals surface area contributed by atoms with Crippen molar-refractivity contribution in [2.45, 2.75) is 57.2 Å². The van der Waals surface area contributed by atoms with E-state index >= 15 is 0 Å². The number of morpholine rings is 1. The zero-order valence-corrected chi connectivity index (χ0v) is 12.0. The predicted molar refractivity (Wildman–Crippen MR) is 72.7 cm³/mol. The van der Waals surface area contributed by atoms with Gasteiger partial charge in [0.25, 0.3) is 0 Å². The van der Waals surface area contributed by atoms with Gasteiger partial charge in [-0.3, -0.25) is 4.90 Å². The molecule has 4 nitrogen and oxygen atoms in total. The topological polar surface area (TPSA) is 44.7 Å². The zero-order chi connectivity index (χ0) is 13.2. The Morgan fingerprint density at radius 2 is 2.17 bits per heavy atom. The van der Waals surface area contributed by atoms with Gasteiger partial charge in [0.2, 0.25) is 0 Å². The van der Waals surface area contributed by atoms with Crippen LogP contribution in [-0.4, -0.2) is 60.0 Å². The van der Waals surface area contributed by atoms with E-state index in [2.05, 4.69) is 31.0 Å². The van der Waals surface area contributed by atoms with Gasteiger partial charge in [-0.25, -0.2) is 0 Å². The van der Waals surface area contributed by atoms with E-state index in [9.17, 15) is 5.11 Å². The molecule has 1 aliphatic heterocycles. The third-order valence-electron chi connectivity index (χ3n) is 3.96. The molecule has 0 aromatic rings. The first-order valence-corrected chi connectivity index (χ1v) is 7.17. The lowest BCUT2D eigenvalue weighted by atomic mass is 9.97. The van der Waals surface area contributed by atoms with Crippen molar-refractivity contribution in [2.75, 3.05) is 32.8 Å². The lowest BCUT2D eigenvalue weighted by Crippen LogP contribution is -2.52. The molecular weight excluding hydrogens is 228 g/mol. The minimum absolute atomic E-state index is 0.0300. The van der Waals surface area contributed by atoms with Crippen molar-refractivity contribution in [3.63, 3.8) is 0 Å². The van der Waals surface area contributed by atoms with Gasteiger partial charge in [0.1, 0.15) is 0 Å². The highest BCUT2D eigenvalue weighted by Crippen LogP contribution is 2.24. The van der Waals surface area contributed by atoms with Gasteiger partial charge in [-0.1, -0.05) is 0 Å². The molecular formula is C14H28N2O2. The van der Waals surface area contributed by atoms with Gasteiger partial charge in [-0.2, -0.15) is 0 Å². The minimum atomic E-state index is -0.121. The van der Waals surface area contributed by atoms with Crippen LogP contribution >= 0.6 is 0 Å². The summed E-state index contributed by atoms with van der Waals surface area (Å²) in [4.78, 5) is 2.45. The second-order valence-electron chi connectivity index (χ2n) is 6.77. The van der Waals surface area contributed by atoms with Crippen LogP contribution in [0.1, 0.15) is 40.0 Å². The fourth-order valence-electron chi connectivity index (χ4n) is 2.63. The fraction of sp³-hybridized carbons (Fsp3) is 1.00. The predicted octanol–water partition coefficient (Wildman–Crippen LogP) is 0.990. The Morgan fingerprint density at radius 3 is 2.72 bits per heavy atom. The number of aliphatic hydroxyl groups excluding tert-OH is 1. The average Bonchev–Trinajstić information content (AvgIpc) is 3.09. The first kappa shape index (κ1) is 14.3. The lowest BCUT2D eigenvalue weighted by Gasteiger charge is -2.40. The van der Waals surface area contributed by atoms with E-state index in [1.165, 1.54) is 12.8 Å². The molecule has 2 rings (SSSR count). The van der Waals surface area contributed by atoms with E-state index in [0.29, 0.717) is 6.04 Å². The van der Waals surface area contributed by atoms with Crippen LogP contribution in [0.3, 0.4) is 0 Å². The molecule has 0 aromatic heterocycles. The summed E-state index contributed by atoms with van der Waals surface area (Å²) < 4.78 is 5.72. The van der Waals surface area contributed by atoms with E-state index in [0.717, 1.165) is 32.7 Å². The number of aliphatic hydroxyl groups is 1. The molecule has 2 aliphatic rings. The number of hydrogen-bond donors (Lipinski definition) is 2. The maximum atomic E-state index is 9.59. The normalized spacial score (nSPS) is 28.0. The Hall–Kier alpha value is -0.160. The van der Waals surface area contributed by atoms with Gasteiger partial charge in [0.15, 0.2) is 0 Å². The molecule has 0 bridgehead atoms. The van der Waals surface area contributed by atoms with Gasteiger partial charge in [-0.15, -0.1) is 0 Å². The summed E-state index contributed by atoms with van der Waals surface area (Å²) in [6, 6.07) is 0.642. The van der Waals surface area contributed by atoms with Crippen molar-refractivity contribution in [2.24, 2.45) is 0 Å². The standard InChI is InChI=1S/C14H28N2O2/c1-13(2)10-16(8-9-18-13)7-6-14(3,11-17)15-12-4-5-12/h12,15,17H,4-11H2,1-3H3. The molecule has 1 aliphatic carbocycles. The quantitative estimate of drug-likeness (QED) is 0.744. The van der Waals surface area contributed by atoms with Gasteiger partial charge in [0.05, 0.1) is 18.8 Å². The molecule has 1 saturated carbocycles. The van der Waals surface area contributed by atoms with Crippen molar-refractivity contribution in [1.29, 1.82) is 0 Å². The van der Waals surface area contributed by atoms with Crippen molar-refractivity contribution in [3.05, 3.63) is 0 Å². The van der Waals surface area contributed by atoms with Gasteiger partial charge in [0, 0.05) is 31.2 Å². The third kappa shape index (κ3) is 4.19. The molecule has 4 heteroatoms. The molecule has 0 amide bonds. The van der Waals surface area contributed by atoms with Crippen LogP contribution in [0.4, 0.5) is 0 Å². The summed E-state index contributed by atoms with van der Waals surface area (Å²) in [6.45, 7) is 10.5. The molecule has 0 radical (unpaired) electrons. The number of nitrogens with zero attached hydrogens (tertiary/aromatic N) is 1. The fourth-order valence-corrected chi connectivity index (χ4v) is 2.63. The number of nitrogens with one attached hydrogen (secondary N) is 1. The van der Waals surface area contributed by atoms with Crippen LogP contribution in [-0.2, 0) is 4.74 Å². The van der Waals surface area contributed by atoms with Crippen LogP contribution in [0.5, 0.6) is 0 Å². The molecule has 2 fully saturated rings. The molecule has 1 atom stereocenters. The second kappa shape index (κ2) is 5.45. The Bertz CT molecular complexity index is 279. The second-order valence-corrected chi connectivity index (χ2v) is 6.77. The summed E-state index contributed by atoms with van der Waals surface area (Å²) in [5.41, 5.74) is -0.151. The van der Waals surface area contributed by atoms with E-state index in [1.807, 2.05) is 0 Å². The molecule has 18 heavy (non-hydrogen) atoms. The summed E-state index contributed by atoms with van der Waals surface area (Å²) in [6.07, 6.45) is 3.52. The van der Waals surface area contributed by atoms with Crippen molar-refractivity contribution in [1.82, 2.24) is 10.2 Å². The van der Waals surface area contributed by atoms with Crippen molar-refractivity contribution in [3.8, 4) is 0 Å². The van der Waals surface area contributed by atoms with Gasteiger partial charge < -0.3 is 15.2 Å². The monoisotopic (exact) mass is 256 g/mol. The first-order valence-electron chi connectivity index (χ1n) is 7.17. The van der Waals surface area contributed by atoms with Crippen LogP contribution < -0.4 is 5.32 Å². The van der Waals surface area contributed by atoms with E-state index in [4.69, 9.17) is 4.74 Å². The van der Waals surface area contributed by atoms with Gasteiger partial charge in [-0.05, 0) is 40.0 Å². The maximum absolute atomic E-state index is 9.59. The van der Waals surface area contributed by atoms with E-state index < -0.39 is 0 Å². The SMILES string of the molecule is CC(CO)(CCN1CCOC(C)(C)C1)NC1CC1. The van der Waals surface area contributed by atoms with Crippen molar-refractivity contribution < 1.29 is 9.84 Å². The number of rotatable bonds is 6. The first-order chi connectivity index (χ1) is 8.42. The zero-order valence-electron chi connectivity index (χ0n) is 12.0. The summed E-state index contributed by atoms with van der Waals surface area (Å²) in [7, 11) is 0. The van der Waals surface area contributed by atoms with Crippen LogP contribution in [0.25, 0.3) is 0 Å². The number of hydrogen-bond acceptors (Lipinski definition) is 4. The van der Waals surface area contributed by atoms with E-state index in [-0.39, 0.29) is 17.7 Å². The molecule has 0 spiro atoms. The highest BCUT2D eigenvalue weighted by atomic mass is 16.5. The minimum Gasteiger partial charge on any atom is -0.394 e. The smallest absolute Gasteiger partial charge is 0.0753 e. The maximum Gasteiger partial charge on any atom is 0.0753 e. The van der Waals surface area contributed by atoms with Crippen molar-refractivity contribution >= 4 is 0 Å². The van der Waals surface area contributed by atoms with Gasteiger partial charge >= 0.3 is 0 Å². The summed E-state index contributed by atoms with van der Waals surface area (Å²) in [5.74, 6) is 0. The van der Waals surface area contributed by atoms with E-state index in [1.54, 1.807) is 0 Å². The molecule has 1 saturated heterocycles. The van der Waals surface area contributed by atoms with Crippen LogP contribution in [0.15, 0.2) is 0 Å². The molecule has 1 unspecified atom stereocenters. The molecule has 2 N–H and O–H groups in total. The molecule has 106 valence electrons. The summed E-state index contributed by atoms with van der Waals surface area (Å²) in [5, 5.41) is 13.2. The number of ether oxygens (including phenoxy) is 1. The third-order valence-corrected chi connectivity index (χ3v) is 3.96. The summed E-state index contributed by atoms with van der Waals surface area (Å²) >= 11 is 0.